The zero-order chi connectivity index (χ0) is 13.9. The van der Waals surface area contributed by atoms with Gasteiger partial charge in [-0.3, -0.25) is 0 Å². The molecule has 0 atom stereocenters. The Kier molecular flexibility index (Phi) is 4.48. The molecule has 2 aromatic carbocycles. The van der Waals surface area contributed by atoms with Crippen LogP contribution < -0.4 is 10.1 Å². The molecule has 0 unspecified atom stereocenters. The van der Waals surface area contributed by atoms with Gasteiger partial charge in [0.2, 0.25) is 0 Å². The van der Waals surface area contributed by atoms with E-state index >= 15 is 0 Å². The van der Waals surface area contributed by atoms with E-state index in [1.165, 1.54) is 10.8 Å². The van der Waals surface area contributed by atoms with Crippen LogP contribution in [0.3, 0.4) is 0 Å². The monoisotopic (exact) mass is 321 g/mol. The molecular formula is C16H20BrNO. The number of ether oxygens (including phenoxy) is 1. The Morgan fingerprint density at radius 2 is 1.79 bits per heavy atom. The van der Waals surface area contributed by atoms with Crippen LogP contribution in [0.15, 0.2) is 40.9 Å². The maximum atomic E-state index is 5.91. The zero-order valence-electron chi connectivity index (χ0n) is 11.7. The van der Waals surface area contributed by atoms with Crippen molar-refractivity contribution in [3.63, 3.8) is 0 Å². The van der Waals surface area contributed by atoms with Crippen molar-refractivity contribution in [1.29, 1.82) is 0 Å². The van der Waals surface area contributed by atoms with Gasteiger partial charge in [0.05, 0.1) is 6.61 Å². The summed E-state index contributed by atoms with van der Waals surface area (Å²) < 4.78 is 7.01. The Hall–Kier alpha value is -1.06. The molecule has 0 radical (unpaired) electrons. The molecule has 0 spiro atoms. The first kappa shape index (κ1) is 14.4. The van der Waals surface area contributed by atoms with Gasteiger partial charge in [-0.25, -0.2) is 0 Å². The van der Waals surface area contributed by atoms with E-state index in [1.807, 2.05) is 13.1 Å². The van der Waals surface area contributed by atoms with Crippen molar-refractivity contribution >= 4 is 26.7 Å². The largest absolute Gasteiger partial charge is 0.493 e. The predicted molar refractivity (Wildman–Crippen MR) is 84.9 cm³/mol. The molecular weight excluding hydrogens is 302 g/mol. The second kappa shape index (κ2) is 5.93. The molecule has 19 heavy (non-hydrogen) atoms. The lowest BCUT2D eigenvalue weighted by Gasteiger charge is -2.24. The summed E-state index contributed by atoms with van der Waals surface area (Å²) in [6.45, 7) is 6.03. The molecule has 2 aromatic rings. The number of halogens is 1. The van der Waals surface area contributed by atoms with Crippen molar-refractivity contribution < 1.29 is 4.74 Å². The molecule has 1 N–H and O–H groups in total. The highest BCUT2D eigenvalue weighted by molar-refractivity contribution is 9.10. The Bertz CT molecular complexity index is 566. The molecule has 0 aliphatic carbocycles. The van der Waals surface area contributed by atoms with Gasteiger partial charge in [0.25, 0.3) is 0 Å². The van der Waals surface area contributed by atoms with Crippen molar-refractivity contribution in [1.82, 2.24) is 5.32 Å². The van der Waals surface area contributed by atoms with Crippen LogP contribution in [-0.2, 0) is 0 Å². The Labute approximate surface area is 123 Å². The molecule has 0 aliphatic rings. The van der Waals surface area contributed by atoms with Crippen molar-refractivity contribution in [3.8, 4) is 5.75 Å². The van der Waals surface area contributed by atoms with E-state index in [1.54, 1.807) is 0 Å². The van der Waals surface area contributed by atoms with Crippen molar-refractivity contribution in [2.24, 2.45) is 5.41 Å². The lowest BCUT2D eigenvalue weighted by atomic mass is 9.95. The average molecular weight is 322 g/mol. The van der Waals surface area contributed by atoms with Gasteiger partial charge in [0.1, 0.15) is 5.75 Å². The third-order valence-corrected chi connectivity index (χ3v) is 3.55. The zero-order valence-corrected chi connectivity index (χ0v) is 13.3. The van der Waals surface area contributed by atoms with E-state index in [2.05, 4.69) is 65.4 Å². The Morgan fingerprint density at radius 3 is 2.53 bits per heavy atom. The summed E-state index contributed by atoms with van der Waals surface area (Å²) in [4.78, 5) is 0. The van der Waals surface area contributed by atoms with Crippen LogP contribution in [0.2, 0.25) is 0 Å². The fraction of sp³-hybridized carbons (Fsp3) is 0.375. The van der Waals surface area contributed by atoms with Crippen LogP contribution in [0.5, 0.6) is 5.75 Å². The van der Waals surface area contributed by atoms with Crippen LogP contribution in [0, 0.1) is 5.41 Å². The number of benzene rings is 2. The smallest absolute Gasteiger partial charge is 0.119 e. The molecule has 0 aliphatic heterocycles. The topological polar surface area (TPSA) is 21.3 Å². The quantitative estimate of drug-likeness (QED) is 0.889. The number of fused-ring (bicyclic) bond motifs is 1. The van der Waals surface area contributed by atoms with Crippen LogP contribution in [0.25, 0.3) is 10.8 Å². The standard InChI is InChI=1S/C16H20BrNO/c1-16(2,10-18-3)11-19-15-7-5-12-8-14(17)6-4-13(12)9-15/h4-9,18H,10-11H2,1-3H3. The van der Waals surface area contributed by atoms with Crippen molar-refractivity contribution in [2.75, 3.05) is 20.2 Å². The maximum Gasteiger partial charge on any atom is 0.119 e. The Morgan fingerprint density at radius 1 is 1.11 bits per heavy atom. The average Bonchev–Trinajstić information content (AvgIpc) is 2.36. The van der Waals surface area contributed by atoms with Crippen molar-refractivity contribution in [3.05, 3.63) is 40.9 Å². The highest BCUT2D eigenvalue weighted by Gasteiger charge is 2.17. The number of hydrogen-bond acceptors (Lipinski definition) is 2. The maximum absolute atomic E-state index is 5.91. The van der Waals surface area contributed by atoms with Gasteiger partial charge < -0.3 is 10.1 Å². The summed E-state index contributed by atoms with van der Waals surface area (Å²) in [5, 5.41) is 5.61. The molecule has 0 fully saturated rings. The van der Waals surface area contributed by atoms with Crippen LogP contribution in [0.4, 0.5) is 0 Å². The first-order valence-corrected chi connectivity index (χ1v) is 7.26. The Balaban J connectivity index is 2.11. The van der Waals surface area contributed by atoms with Gasteiger partial charge in [-0.05, 0) is 42.1 Å². The lowest BCUT2D eigenvalue weighted by Crippen LogP contribution is -2.32. The number of rotatable bonds is 5. The summed E-state index contributed by atoms with van der Waals surface area (Å²) >= 11 is 3.49. The lowest BCUT2D eigenvalue weighted by molar-refractivity contribution is 0.179. The van der Waals surface area contributed by atoms with Gasteiger partial charge in [-0.1, -0.05) is 41.9 Å². The highest BCUT2D eigenvalue weighted by Crippen LogP contribution is 2.25. The van der Waals surface area contributed by atoms with Gasteiger partial charge >= 0.3 is 0 Å². The second-order valence-corrected chi connectivity index (χ2v) is 6.55. The van der Waals surface area contributed by atoms with E-state index in [0.29, 0.717) is 6.61 Å². The third-order valence-electron chi connectivity index (χ3n) is 3.06. The molecule has 3 heteroatoms. The molecule has 0 heterocycles. The fourth-order valence-corrected chi connectivity index (χ4v) is 2.47. The number of nitrogens with one attached hydrogen (secondary N) is 1. The molecule has 0 saturated heterocycles. The van der Waals surface area contributed by atoms with Gasteiger partial charge in [0.15, 0.2) is 0 Å². The summed E-state index contributed by atoms with van der Waals surface area (Å²) in [6.07, 6.45) is 0. The molecule has 0 aromatic heterocycles. The summed E-state index contributed by atoms with van der Waals surface area (Å²) in [5.74, 6) is 0.930. The van der Waals surface area contributed by atoms with Gasteiger partial charge in [0, 0.05) is 16.4 Å². The van der Waals surface area contributed by atoms with E-state index in [0.717, 1.165) is 16.8 Å². The highest BCUT2D eigenvalue weighted by atomic mass is 79.9. The summed E-state index contributed by atoms with van der Waals surface area (Å²) in [6, 6.07) is 12.5. The van der Waals surface area contributed by atoms with Gasteiger partial charge in [-0.15, -0.1) is 0 Å². The van der Waals surface area contributed by atoms with E-state index in [9.17, 15) is 0 Å². The second-order valence-electron chi connectivity index (χ2n) is 5.64. The minimum absolute atomic E-state index is 0.128. The third kappa shape index (κ3) is 3.95. The summed E-state index contributed by atoms with van der Waals surface area (Å²) in [7, 11) is 1.97. The van der Waals surface area contributed by atoms with E-state index in [4.69, 9.17) is 4.74 Å². The minimum atomic E-state index is 0.128. The molecule has 0 saturated carbocycles. The fourth-order valence-electron chi connectivity index (χ4n) is 2.09. The van der Waals surface area contributed by atoms with Crippen LogP contribution in [-0.4, -0.2) is 20.2 Å². The van der Waals surface area contributed by atoms with E-state index in [-0.39, 0.29) is 5.41 Å². The normalized spacial score (nSPS) is 11.8. The first-order chi connectivity index (χ1) is 9.00. The SMILES string of the molecule is CNCC(C)(C)COc1ccc2cc(Br)ccc2c1. The first-order valence-electron chi connectivity index (χ1n) is 6.47. The molecule has 2 nitrogen and oxygen atoms in total. The molecule has 0 bridgehead atoms. The van der Waals surface area contributed by atoms with E-state index < -0.39 is 0 Å². The van der Waals surface area contributed by atoms with Crippen LogP contribution >= 0.6 is 15.9 Å². The summed E-state index contributed by atoms with van der Waals surface area (Å²) in [5.41, 5.74) is 0.128. The molecule has 0 amide bonds. The van der Waals surface area contributed by atoms with Crippen molar-refractivity contribution in [2.45, 2.75) is 13.8 Å². The number of hydrogen-bond donors (Lipinski definition) is 1. The van der Waals surface area contributed by atoms with Gasteiger partial charge in [-0.2, -0.15) is 0 Å². The molecule has 2 rings (SSSR count). The van der Waals surface area contributed by atoms with Crippen LogP contribution in [0.1, 0.15) is 13.8 Å². The minimum Gasteiger partial charge on any atom is -0.493 e. The molecule has 102 valence electrons. The predicted octanol–water partition coefficient (Wildman–Crippen LogP) is 4.23.